The van der Waals surface area contributed by atoms with Crippen LogP contribution in [-0.2, 0) is 4.79 Å². The smallest absolute Gasteiger partial charge is 0.307 e. The molecule has 14 heavy (non-hydrogen) atoms. The van der Waals surface area contributed by atoms with Crippen molar-refractivity contribution in [3.05, 3.63) is 35.9 Å². The monoisotopic (exact) mass is 190 g/mol. The van der Waals surface area contributed by atoms with Crippen molar-refractivity contribution in [1.82, 2.24) is 0 Å². The lowest BCUT2D eigenvalue weighted by atomic mass is 10.1. The molecule has 1 aliphatic rings. The second kappa shape index (κ2) is 3.25. The molecule has 2 atom stereocenters. The van der Waals surface area contributed by atoms with Gasteiger partial charge in [-0.2, -0.15) is 0 Å². The van der Waals surface area contributed by atoms with Gasteiger partial charge in [0.2, 0.25) is 0 Å². The molecule has 0 amide bonds. The van der Waals surface area contributed by atoms with E-state index in [1.165, 1.54) is 0 Å². The summed E-state index contributed by atoms with van der Waals surface area (Å²) in [5.74, 6) is -1.66. The second-order valence-electron chi connectivity index (χ2n) is 3.52. The minimum Gasteiger partial charge on any atom is -0.481 e. The molecule has 0 spiro atoms. The van der Waals surface area contributed by atoms with Crippen LogP contribution in [0.4, 0.5) is 0 Å². The van der Waals surface area contributed by atoms with Crippen LogP contribution in [0.5, 0.6) is 0 Å². The van der Waals surface area contributed by atoms with Gasteiger partial charge in [0.25, 0.3) is 0 Å². The average molecular weight is 190 g/mol. The predicted octanol–water partition coefficient (Wildman–Crippen LogP) is 1.59. The molecule has 0 heterocycles. The van der Waals surface area contributed by atoms with Crippen molar-refractivity contribution >= 4 is 11.8 Å². The summed E-state index contributed by atoms with van der Waals surface area (Å²) in [6.45, 7) is 0. The summed E-state index contributed by atoms with van der Waals surface area (Å²) in [5.41, 5.74) is 0.612. The SMILES string of the molecule is O=C(O)[C@H]1C[C@@H]1C(=O)c1ccccc1. The number of carbonyl (C=O) groups excluding carboxylic acids is 1. The van der Waals surface area contributed by atoms with Gasteiger partial charge in [0.1, 0.15) is 0 Å². The Morgan fingerprint density at radius 1 is 1.14 bits per heavy atom. The van der Waals surface area contributed by atoms with E-state index in [9.17, 15) is 9.59 Å². The van der Waals surface area contributed by atoms with E-state index >= 15 is 0 Å². The molecular weight excluding hydrogens is 180 g/mol. The molecule has 1 N–H and O–H groups in total. The number of carbonyl (C=O) groups is 2. The normalized spacial score (nSPS) is 24.3. The third kappa shape index (κ3) is 1.53. The molecule has 3 nitrogen and oxygen atoms in total. The first kappa shape index (κ1) is 8.94. The van der Waals surface area contributed by atoms with Crippen LogP contribution in [0.2, 0.25) is 0 Å². The number of Topliss-reactive ketones (excluding diaryl/α,β-unsaturated/α-hetero) is 1. The molecule has 1 fully saturated rings. The summed E-state index contributed by atoms with van der Waals surface area (Å²) in [7, 11) is 0. The highest BCUT2D eigenvalue weighted by molar-refractivity contribution is 6.02. The quantitative estimate of drug-likeness (QED) is 0.736. The summed E-state index contributed by atoms with van der Waals surface area (Å²) in [6, 6.07) is 8.84. The lowest BCUT2D eigenvalue weighted by molar-refractivity contribution is -0.138. The number of benzene rings is 1. The molecule has 0 aliphatic heterocycles. The van der Waals surface area contributed by atoms with Crippen LogP contribution in [0, 0.1) is 11.8 Å². The van der Waals surface area contributed by atoms with Gasteiger partial charge in [-0.25, -0.2) is 0 Å². The van der Waals surface area contributed by atoms with Gasteiger partial charge >= 0.3 is 5.97 Å². The average Bonchev–Trinajstić information content (AvgIpc) is 2.97. The van der Waals surface area contributed by atoms with Crippen molar-refractivity contribution in [1.29, 1.82) is 0 Å². The van der Waals surface area contributed by atoms with E-state index < -0.39 is 11.9 Å². The van der Waals surface area contributed by atoms with Crippen molar-refractivity contribution in [3.63, 3.8) is 0 Å². The maximum absolute atomic E-state index is 11.7. The maximum atomic E-state index is 11.7. The first-order valence-corrected chi connectivity index (χ1v) is 4.52. The number of aliphatic carboxylic acids is 1. The lowest BCUT2D eigenvalue weighted by Crippen LogP contribution is -2.07. The van der Waals surface area contributed by atoms with E-state index in [1.807, 2.05) is 6.07 Å². The number of rotatable bonds is 3. The maximum Gasteiger partial charge on any atom is 0.307 e. The van der Waals surface area contributed by atoms with Crippen molar-refractivity contribution in [2.75, 3.05) is 0 Å². The molecule has 0 unspecified atom stereocenters. The molecule has 0 radical (unpaired) electrons. The highest BCUT2D eigenvalue weighted by Crippen LogP contribution is 2.40. The highest BCUT2D eigenvalue weighted by atomic mass is 16.4. The predicted molar refractivity (Wildman–Crippen MR) is 50.0 cm³/mol. The molecule has 1 aromatic carbocycles. The van der Waals surface area contributed by atoms with Gasteiger partial charge in [-0.3, -0.25) is 9.59 Å². The molecular formula is C11H10O3. The van der Waals surface area contributed by atoms with E-state index in [1.54, 1.807) is 24.3 Å². The standard InChI is InChI=1S/C11H10O3/c12-10(7-4-2-1-3-5-7)8-6-9(8)11(13)14/h1-5,8-9H,6H2,(H,13,14)/t8-,9-/m0/s1. The Labute approximate surface area is 81.4 Å². The third-order valence-corrected chi connectivity index (χ3v) is 2.50. The number of hydrogen-bond donors (Lipinski definition) is 1. The zero-order valence-corrected chi connectivity index (χ0v) is 7.51. The first-order valence-electron chi connectivity index (χ1n) is 4.52. The molecule has 3 heteroatoms. The molecule has 0 bridgehead atoms. The number of carboxylic acids is 1. The number of hydrogen-bond acceptors (Lipinski definition) is 2. The Kier molecular flexibility index (Phi) is 2.08. The van der Waals surface area contributed by atoms with Crippen LogP contribution in [0.25, 0.3) is 0 Å². The summed E-state index contributed by atoms with van der Waals surface area (Å²) >= 11 is 0. The third-order valence-electron chi connectivity index (χ3n) is 2.50. The highest BCUT2D eigenvalue weighted by Gasteiger charge is 2.48. The van der Waals surface area contributed by atoms with Crippen LogP contribution in [0.15, 0.2) is 30.3 Å². The fourth-order valence-electron chi connectivity index (χ4n) is 1.57. The first-order chi connectivity index (χ1) is 6.70. The van der Waals surface area contributed by atoms with E-state index in [0.29, 0.717) is 12.0 Å². The summed E-state index contributed by atoms with van der Waals surface area (Å²) in [4.78, 5) is 22.2. The van der Waals surface area contributed by atoms with Crippen LogP contribution in [0.3, 0.4) is 0 Å². The van der Waals surface area contributed by atoms with Gasteiger partial charge in [-0.1, -0.05) is 30.3 Å². The van der Waals surface area contributed by atoms with Crippen molar-refractivity contribution in [2.45, 2.75) is 6.42 Å². The summed E-state index contributed by atoms with van der Waals surface area (Å²) in [6.07, 6.45) is 0.489. The molecule has 1 aliphatic carbocycles. The Morgan fingerprint density at radius 2 is 1.79 bits per heavy atom. The Hall–Kier alpha value is -1.64. The van der Waals surface area contributed by atoms with Gasteiger partial charge < -0.3 is 5.11 Å². The molecule has 1 aromatic rings. The summed E-state index contributed by atoms with van der Waals surface area (Å²) in [5, 5.41) is 8.67. The Morgan fingerprint density at radius 3 is 2.29 bits per heavy atom. The zero-order chi connectivity index (χ0) is 10.1. The zero-order valence-electron chi connectivity index (χ0n) is 7.51. The Balaban J connectivity index is 2.09. The van der Waals surface area contributed by atoms with Gasteiger partial charge in [0.15, 0.2) is 5.78 Å². The van der Waals surface area contributed by atoms with E-state index in [2.05, 4.69) is 0 Å². The molecule has 72 valence electrons. The van der Waals surface area contributed by atoms with E-state index in [4.69, 9.17) is 5.11 Å². The molecule has 0 saturated heterocycles. The van der Waals surface area contributed by atoms with E-state index in [0.717, 1.165) is 0 Å². The largest absolute Gasteiger partial charge is 0.481 e. The van der Waals surface area contributed by atoms with Crippen LogP contribution in [-0.4, -0.2) is 16.9 Å². The van der Waals surface area contributed by atoms with Crippen LogP contribution < -0.4 is 0 Å². The van der Waals surface area contributed by atoms with Gasteiger partial charge in [-0.15, -0.1) is 0 Å². The number of ketones is 1. The van der Waals surface area contributed by atoms with E-state index in [-0.39, 0.29) is 11.7 Å². The number of carboxylic acid groups (broad SMARTS) is 1. The minimum absolute atomic E-state index is 0.0435. The molecule has 2 rings (SSSR count). The van der Waals surface area contributed by atoms with Gasteiger partial charge in [-0.05, 0) is 6.42 Å². The summed E-state index contributed by atoms with van der Waals surface area (Å²) < 4.78 is 0. The van der Waals surface area contributed by atoms with Crippen molar-refractivity contribution in [2.24, 2.45) is 11.8 Å². The van der Waals surface area contributed by atoms with Crippen molar-refractivity contribution < 1.29 is 14.7 Å². The molecule has 1 saturated carbocycles. The van der Waals surface area contributed by atoms with Gasteiger partial charge in [0.05, 0.1) is 5.92 Å². The fraction of sp³-hybridized carbons (Fsp3) is 0.273. The minimum atomic E-state index is -0.862. The van der Waals surface area contributed by atoms with Crippen LogP contribution >= 0.6 is 0 Å². The van der Waals surface area contributed by atoms with Gasteiger partial charge in [0, 0.05) is 11.5 Å². The fourth-order valence-corrected chi connectivity index (χ4v) is 1.57. The second-order valence-corrected chi connectivity index (χ2v) is 3.52. The Bertz CT molecular complexity index is 369. The van der Waals surface area contributed by atoms with Crippen LogP contribution in [0.1, 0.15) is 16.8 Å². The molecule has 0 aromatic heterocycles. The van der Waals surface area contributed by atoms with Crippen molar-refractivity contribution in [3.8, 4) is 0 Å². The topological polar surface area (TPSA) is 54.4 Å². The lowest BCUT2D eigenvalue weighted by Gasteiger charge is -1.97.